The summed E-state index contributed by atoms with van der Waals surface area (Å²) in [5.41, 5.74) is -0.621. The molecule has 118 valence electrons. The molecule has 1 heterocycles. The Morgan fingerprint density at radius 3 is 2.20 bits per heavy atom. The number of nitrogens with zero attached hydrogens (tertiary/aromatic N) is 1. The van der Waals surface area contributed by atoms with Gasteiger partial charge in [-0.15, -0.1) is 0 Å². The van der Waals surface area contributed by atoms with Crippen molar-refractivity contribution in [3.8, 4) is 0 Å². The first kappa shape index (κ1) is 17.1. The van der Waals surface area contributed by atoms with Crippen molar-refractivity contribution >= 4 is 16.1 Å². The molecule has 0 spiro atoms. The summed E-state index contributed by atoms with van der Waals surface area (Å²) in [5, 5.41) is 2.61. The molecule has 6 nitrogen and oxygen atoms in total. The third kappa shape index (κ3) is 4.86. The molecule has 1 aliphatic rings. The standard InChI is InChI=1S/C11H20F2N2O4S/c1-11(2,3)19-10(16)14-8-4-6-15(7-5-8)20(17,18)9(12)13/h8-9H,4-7H2,1-3H3,(H,14,16). The smallest absolute Gasteiger partial charge is 0.407 e. The number of ether oxygens (including phenoxy) is 1. The van der Waals surface area contributed by atoms with Crippen molar-refractivity contribution in [2.75, 3.05) is 13.1 Å². The molecule has 0 radical (unpaired) electrons. The van der Waals surface area contributed by atoms with Gasteiger partial charge in [0, 0.05) is 19.1 Å². The average molecular weight is 314 g/mol. The van der Waals surface area contributed by atoms with Gasteiger partial charge < -0.3 is 10.1 Å². The molecule has 20 heavy (non-hydrogen) atoms. The van der Waals surface area contributed by atoms with Crippen LogP contribution in [0.15, 0.2) is 0 Å². The maximum Gasteiger partial charge on any atom is 0.407 e. The van der Waals surface area contributed by atoms with Crippen LogP contribution in [0.25, 0.3) is 0 Å². The fourth-order valence-electron chi connectivity index (χ4n) is 1.84. The lowest BCUT2D eigenvalue weighted by Crippen LogP contribution is -2.48. The summed E-state index contributed by atoms with van der Waals surface area (Å²) in [5.74, 6) is -3.40. The molecular formula is C11H20F2N2O4S. The van der Waals surface area contributed by atoms with Crippen LogP contribution in [-0.4, -0.2) is 49.3 Å². The van der Waals surface area contributed by atoms with Gasteiger partial charge in [0.15, 0.2) is 0 Å². The van der Waals surface area contributed by atoms with E-state index in [4.69, 9.17) is 4.74 Å². The SMILES string of the molecule is CC(C)(C)OC(=O)NC1CCN(S(=O)(=O)C(F)F)CC1. The highest BCUT2D eigenvalue weighted by molar-refractivity contribution is 7.89. The summed E-state index contributed by atoms with van der Waals surface area (Å²) in [6, 6.07) is -0.269. The van der Waals surface area contributed by atoms with E-state index in [0.29, 0.717) is 0 Å². The molecule has 9 heteroatoms. The fraction of sp³-hybridized carbons (Fsp3) is 0.909. The van der Waals surface area contributed by atoms with Gasteiger partial charge in [-0.25, -0.2) is 13.2 Å². The average Bonchev–Trinajstić information content (AvgIpc) is 2.26. The zero-order valence-electron chi connectivity index (χ0n) is 11.7. The predicted molar refractivity (Wildman–Crippen MR) is 68.9 cm³/mol. The second-order valence-electron chi connectivity index (χ2n) is 5.63. The molecule has 1 amide bonds. The number of hydrogen-bond acceptors (Lipinski definition) is 4. The van der Waals surface area contributed by atoms with Gasteiger partial charge in [-0.05, 0) is 33.6 Å². The number of amides is 1. The Balaban J connectivity index is 2.46. The third-order valence-electron chi connectivity index (χ3n) is 2.76. The topological polar surface area (TPSA) is 75.7 Å². The Bertz CT molecular complexity index is 440. The normalized spacial score (nSPS) is 19.1. The van der Waals surface area contributed by atoms with E-state index in [1.165, 1.54) is 0 Å². The highest BCUT2D eigenvalue weighted by Gasteiger charge is 2.35. The van der Waals surface area contributed by atoms with Gasteiger partial charge in [0.2, 0.25) is 0 Å². The van der Waals surface area contributed by atoms with Gasteiger partial charge in [-0.3, -0.25) is 0 Å². The quantitative estimate of drug-likeness (QED) is 0.857. The monoisotopic (exact) mass is 314 g/mol. The maximum absolute atomic E-state index is 12.4. The Hall–Kier alpha value is -0.960. The summed E-state index contributed by atoms with van der Waals surface area (Å²) < 4.78 is 53.1. The van der Waals surface area contributed by atoms with Crippen LogP contribution in [0.2, 0.25) is 0 Å². The first-order valence-electron chi connectivity index (χ1n) is 6.29. The molecule has 0 aromatic carbocycles. The number of carbonyl (C=O) groups excluding carboxylic acids is 1. The van der Waals surface area contributed by atoms with Crippen LogP contribution in [0.4, 0.5) is 13.6 Å². The summed E-state index contributed by atoms with van der Waals surface area (Å²) in [6.45, 7) is 5.11. The number of sulfonamides is 1. The van der Waals surface area contributed by atoms with Gasteiger partial charge in [0.25, 0.3) is 10.0 Å². The van der Waals surface area contributed by atoms with Crippen LogP contribution in [0.3, 0.4) is 0 Å². The van der Waals surface area contributed by atoms with E-state index in [-0.39, 0.29) is 32.0 Å². The lowest BCUT2D eigenvalue weighted by molar-refractivity contribution is 0.0488. The molecule has 1 fully saturated rings. The molecule has 1 rings (SSSR count). The molecule has 0 saturated carbocycles. The van der Waals surface area contributed by atoms with E-state index < -0.39 is 27.5 Å². The van der Waals surface area contributed by atoms with Crippen LogP contribution in [0, 0.1) is 0 Å². The number of rotatable bonds is 3. The number of hydrogen-bond donors (Lipinski definition) is 1. The first-order chi connectivity index (χ1) is 9.02. The van der Waals surface area contributed by atoms with Crippen LogP contribution >= 0.6 is 0 Å². The summed E-state index contributed by atoms with van der Waals surface area (Å²) in [4.78, 5) is 11.5. The Labute approximate surface area is 117 Å². The second-order valence-corrected chi connectivity index (χ2v) is 7.53. The molecule has 1 aliphatic heterocycles. The van der Waals surface area contributed by atoms with Crippen LogP contribution in [-0.2, 0) is 14.8 Å². The third-order valence-corrected chi connectivity index (χ3v) is 4.30. The molecule has 0 aromatic rings. The van der Waals surface area contributed by atoms with Gasteiger partial charge in [-0.2, -0.15) is 13.1 Å². The molecule has 0 unspecified atom stereocenters. The molecule has 0 bridgehead atoms. The van der Waals surface area contributed by atoms with E-state index >= 15 is 0 Å². The molecule has 1 N–H and O–H groups in total. The Morgan fingerprint density at radius 2 is 1.80 bits per heavy atom. The summed E-state index contributed by atoms with van der Waals surface area (Å²) >= 11 is 0. The first-order valence-corrected chi connectivity index (χ1v) is 7.79. The summed E-state index contributed by atoms with van der Waals surface area (Å²) in [7, 11) is -4.52. The molecule has 0 aromatic heterocycles. The number of alkyl halides is 2. The van der Waals surface area contributed by atoms with Crippen molar-refractivity contribution in [1.82, 2.24) is 9.62 Å². The van der Waals surface area contributed by atoms with Gasteiger partial charge >= 0.3 is 11.9 Å². The van der Waals surface area contributed by atoms with E-state index in [0.717, 1.165) is 4.31 Å². The number of halogens is 2. The lowest BCUT2D eigenvalue weighted by Gasteiger charge is -2.31. The minimum absolute atomic E-state index is 0.0346. The molecule has 0 atom stereocenters. The van der Waals surface area contributed by atoms with E-state index in [1.807, 2.05) is 0 Å². The molecular weight excluding hydrogens is 294 g/mol. The van der Waals surface area contributed by atoms with Crippen molar-refractivity contribution in [2.45, 2.75) is 51.0 Å². The van der Waals surface area contributed by atoms with E-state index in [9.17, 15) is 22.0 Å². The number of alkyl carbamates (subject to hydrolysis) is 1. The van der Waals surface area contributed by atoms with Gasteiger partial charge in [-0.1, -0.05) is 0 Å². The van der Waals surface area contributed by atoms with Gasteiger partial charge in [0.1, 0.15) is 5.60 Å². The number of piperidine rings is 1. The Kier molecular flexibility index (Phi) is 5.31. The largest absolute Gasteiger partial charge is 0.444 e. The second kappa shape index (κ2) is 6.21. The van der Waals surface area contributed by atoms with Crippen molar-refractivity contribution in [3.05, 3.63) is 0 Å². The van der Waals surface area contributed by atoms with Crippen molar-refractivity contribution in [3.63, 3.8) is 0 Å². The highest BCUT2D eigenvalue weighted by Crippen LogP contribution is 2.19. The van der Waals surface area contributed by atoms with Crippen LogP contribution in [0.5, 0.6) is 0 Å². The van der Waals surface area contributed by atoms with Crippen molar-refractivity contribution in [1.29, 1.82) is 0 Å². The van der Waals surface area contributed by atoms with Gasteiger partial charge in [0.05, 0.1) is 0 Å². The molecule has 0 aliphatic carbocycles. The zero-order chi connectivity index (χ0) is 15.6. The zero-order valence-corrected chi connectivity index (χ0v) is 12.5. The Morgan fingerprint density at radius 1 is 1.30 bits per heavy atom. The van der Waals surface area contributed by atoms with E-state index in [2.05, 4.69) is 5.32 Å². The van der Waals surface area contributed by atoms with Crippen LogP contribution < -0.4 is 5.32 Å². The minimum atomic E-state index is -4.52. The van der Waals surface area contributed by atoms with Crippen molar-refractivity contribution in [2.24, 2.45) is 0 Å². The van der Waals surface area contributed by atoms with E-state index in [1.54, 1.807) is 20.8 Å². The lowest BCUT2D eigenvalue weighted by atomic mass is 10.1. The molecule has 1 saturated heterocycles. The maximum atomic E-state index is 12.4. The fourth-order valence-corrected chi connectivity index (χ4v) is 2.79. The van der Waals surface area contributed by atoms with Crippen molar-refractivity contribution < 1.29 is 26.7 Å². The number of carbonyl (C=O) groups is 1. The summed E-state index contributed by atoms with van der Waals surface area (Å²) in [6.07, 6.45) is -0.0243. The predicted octanol–water partition coefficient (Wildman–Crippen LogP) is 1.53. The number of nitrogens with one attached hydrogen (secondary N) is 1. The van der Waals surface area contributed by atoms with Crippen LogP contribution in [0.1, 0.15) is 33.6 Å². The highest BCUT2D eigenvalue weighted by atomic mass is 32.2. The minimum Gasteiger partial charge on any atom is -0.444 e.